The number of non-ortho nitro benzene ring substituents is 1. The van der Waals surface area contributed by atoms with Crippen molar-refractivity contribution >= 4 is 39.1 Å². The fourth-order valence-electron chi connectivity index (χ4n) is 3.11. The number of halogens is 1. The number of ketones is 1. The molecule has 8 nitrogen and oxygen atoms in total. The number of β-amino-alcohol motifs (C(OH)–C–C–N with tert-alkyl or cyclic N) is 1. The molecule has 144 valence electrons. The van der Waals surface area contributed by atoms with E-state index in [2.05, 4.69) is 15.9 Å². The number of rotatable bonds is 5. The summed E-state index contributed by atoms with van der Waals surface area (Å²) in [6.07, 6.45) is 0. The molecule has 0 saturated carbocycles. The lowest BCUT2D eigenvalue weighted by Crippen LogP contribution is -2.32. The van der Waals surface area contributed by atoms with E-state index in [9.17, 15) is 29.9 Å². The number of nitro groups is 1. The van der Waals surface area contributed by atoms with Crippen molar-refractivity contribution in [1.82, 2.24) is 4.90 Å². The van der Waals surface area contributed by atoms with Gasteiger partial charge in [0.15, 0.2) is 0 Å². The van der Waals surface area contributed by atoms with Gasteiger partial charge >= 0.3 is 0 Å². The van der Waals surface area contributed by atoms with Crippen LogP contribution in [0.2, 0.25) is 0 Å². The maximum absolute atomic E-state index is 12.6. The smallest absolute Gasteiger partial charge is 0.295 e. The molecule has 1 fully saturated rings. The van der Waals surface area contributed by atoms with Gasteiger partial charge in [-0.3, -0.25) is 19.7 Å². The first kappa shape index (κ1) is 19.7. The van der Waals surface area contributed by atoms with E-state index in [0.717, 1.165) is 4.47 Å². The highest BCUT2D eigenvalue weighted by atomic mass is 79.9. The number of hydrogen-bond acceptors (Lipinski definition) is 6. The highest BCUT2D eigenvalue weighted by Crippen LogP contribution is 2.39. The Bertz CT molecular complexity index is 969. The fraction of sp³-hybridized carbons (Fsp3) is 0.158. The molecule has 0 aromatic heterocycles. The molecule has 0 aliphatic carbocycles. The Morgan fingerprint density at radius 2 is 1.71 bits per heavy atom. The lowest BCUT2D eigenvalue weighted by molar-refractivity contribution is -0.384. The Hall–Kier alpha value is -3.04. The minimum absolute atomic E-state index is 0.0810. The summed E-state index contributed by atoms with van der Waals surface area (Å²) in [7, 11) is 0. The molecule has 3 rings (SSSR count). The molecule has 1 aliphatic rings. The summed E-state index contributed by atoms with van der Waals surface area (Å²) < 4.78 is 0.797. The predicted octanol–water partition coefficient (Wildman–Crippen LogP) is 2.77. The third kappa shape index (κ3) is 3.54. The van der Waals surface area contributed by atoms with Crippen LogP contribution in [0.1, 0.15) is 17.2 Å². The van der Waals surface area contributed by atoms with E-state index < -0.39 is 28.4 Å². The van der Waals surface area contributed by atoms with Crippen LogP contribution >= 0.6 is 15.9 Å². The van der Waals surface area contributed by atoms with Gasteiger partial charge in [-0.25, -0.2) is 0 Å². The highest BCUT2D eigenvalue weighted by molar-refractivity contribution is 9.10. The number of hydrogen-bond donors (Lipinski definition) is 2. The average molecular weight is 447 g/mol. The normalized spacial score (nSPS) is 18.5. The average Bonchev–Trinajstić information content (AvgIpc) is 2.93. The Morgan fingerprint density at radius 3 is 2.25 bits per heavy atom. The van der Waals surface area contributed by atoms with Gasteiger partial charge in [0, 0.05) is 28.7 Å². The molecule has 0 radical (unpaired) electrons. The standard InChI is InChI=1S/C19H15BrN2O6/c20-13-5-1-11(2-6-13)16-15(18(25)19(26)21(16)9-10-23)17(24)12-3-7-14(8-4-12)22(27)28/h1-8,16,23-24H,9-10H2/t16-/m1/s1. The molecule has 1 aliphatic heterocycles. The van der Waals surface area contributed by atoms with Crippen LogP contribution in [-0.4, -0.2) is 44.9 Å². The van der Waals surface area contributed by atoms with Gasteiger partial charge in [0.05, 0.1) is 23.1 Å². The quantitative estimate of drug-likeness (QED) is 0.239. The zero-order valence-corrected chi connectivity index (χ0v) is 16.0. The molecular weight excluding hydrogens is 432 g/mol. The molecule has 1 amide bonds. The highest BCUT2D eigenvalue weighted by Gasteiger charge is 2.45. The van der Waals surface area contributed by atoms with Gasteiger partial charge in [-0.2, -0.15) is 0 Å². The summed E-state index contributed by atoms with van der Waals surface area (Å²) in [5.74, 6) is -2.13. The zero-order valence-electron chi connectivity index (χ0n) is 14.4. The van der Waals surface area contributed by atoms with Crippen LogP contribution in [0.15, 0.2) is 58.6 Å². The monoisotopic (exact) mass is 446 g/mol. The maximum atomic E-state index is 12.6. The Morgan fingerprint density at radius 1 is 1.11 bits per heavy atom. The second kappa shape index (κ2) is 7.91. The molecule has 2 aromatic carbocycles. The number of benzene rings is 2. The van der Waals surface area contributed by atoms with Crippen LogP contribution in [0.25, 0.3) is 5.76 Å². The number of nitrogens with zero attached hydrogens (tertiary/aromatic N) is 2. The minimum atomic E-state index is -0.879. The first-order valence-electron chi connectivity index (χ1n) is 8.24. The molecule has 0 unspecified atom stereocenters. The SMILES string of the molecule is O=C1C(=O)N(CCO)[C@H](c2ccc(Br)cc2)C1=C(O)c1ccc([N+](=O)[O-])cc1. The van der Waals surface area contributed by atoms with E-state index in [-0.39, 0.29) is 30.0 Å². The van der Waals surface area contributed by atoms with Crippen molar-refractivity contribution < 1.29 is 24.7 Å². The van der Waals surface area contributed by atoms with Gasteiger partial charge in [0.2, 0.25) is 0 Å². The second-order valence-corrected chi connectivity index (χ2v) is 6.99. The van der Waals surface area contributed by atoms with E-state index in [1.807, 2.05) is 0 Å². The number of carbonyl (C=O) groups excluding carboxylic acids is 2. The van der Waals surface area contributed by atoms with Gasteiger partial charge in [0.25, 0.3) is 17.4 Å². The van der Waals surface area contributed by atoms with E-state index in [4.69, 9.17) is 0 Å². The van der Waals surface area contributed by atoms with Crippen molar-refractivity contribution in [3.8, 4) is 0 Å². The first-order valence-corrected chi connectivity index (χ1v) is 9.04. The molecule has 1 heterocycles. The van der Waals surface area contributed by atoms with Gasteiger partial charge in [-0.15, -0.1) is 0 Å². The van der Waals surface area contributed by atoms with Crippen molar-refractivity contribution in [2.24, 2.45) is 0 Å². The van der Waals surface area contributed by atoms with Crippen LogP contribution < -0.4 is 0 Å². The number of Topliss-reactive ketones (excluding diaryl/α,β-unsaturated/α-hetero) is 1. The second-order valence-electron chi connectivity index (χ2n) is 6.07. The van der Waals surface area contributed by atoms with Crippen LogP contribution in [0.3, 0.4) is 0 Å². The number of aliphatic hydroxyl groups is 2. The van der Waals surface area contributed by atoms with E-state index in [0.29, 0.717) is 5.56 Å². The van der Waals surface area contributed by atoms with Crippen molar-refractivity contribution in [3.05, 3.63) is 79.8 Å². The van der Waals surface area contributed by atoms with Crippen LogP contribution in [0.5, 0.6) is 0 Å². The van der Waals surface area contributed by atoms with Gasteiger partial charge in [-0.05, 0) is 29.8 Å². The summed E-state index contributed by atoms with van der Waals surface area (Å²) in [5, 5.41) is 30.9. The fourth-order valence-corrected chi connectivity index (χ4v) is 3.37. The molecule has 1 saturated heterocycles. The Kier molecular flexibility index (Phi) is 5.57. The lowest BCUT2D eigenvalue weighted by Gasteiger charge is -2.24. The number of nitro benzene ring substituents is 1. The molecule has 28 heavy (non-hydrogen) atoms. The van der Waals surface area contributed by atoms with Gasteiger partial charge in [-0.1, -0.05) is 28.1 Å². The summed E-state index contributed by atoms with van der Waals surface area (Å²) in [6, 6.07) is 11.0. The third-order valence-corrected chi connectivity index (χ3v) is 4.95. The maximum Gasteiger partial charge on any atom is 0.295 e. The Balaban J connectivity index is 2.14. The van der Waals surface area contributed by atoms with Crippen molar-refractivity contribution in [2.45, 2.75) is 6.04 Å². The van der Waals surface area contributed by atoms with Crippen molar-refractivity contribution in [3.63, 3.8) is 0 Å². The molecule has 0 spiro atoms. The molecule has 2 aromatic rings. The van der Waals surface area contributed by atoms with Crippen LogP contribution in [0, 0.1) is 10.1 Å². The van der Waals surface area contributed by atoms with E-state index in [1.165, 1.54) is 29.2 Å². The van der Waals surface area contributed by atoms with E-state index in [1.54, 1.807) is 24.3 Å². The number of amides is 1. The molecule has 0 bridgehead atoms. The first-order chi connectivity index (χ1) is 13.3. The number of likely N-dealkylation sites (tertiary alicyclic amines) is 1. The minimum Gasteiger partial charge on any atom is -0.507 e. The third-order valence-electron chi connectivity index (χ3n) is 4.42. The Labute approximate surface area is 168 Å². The van der Waals surface area contributed by atoms with E-state index >= 15 is 0 Å². The zero-order chi connectivity index (χ0) is 20.4. The van der Waals surface area contributed by atoms with Gasteiger partial charge in [0.1, 0.15) is 5.76 Å². The molecule has 9 heteroatoms. The number of carbonyl (C=O) groups is 2. The summed E-state index contributed by atoms with van der Waals surface area (Å²) >= 11 is 3.32. The summed E-state index contributed by atoms with van der Waals surface area (Å²) in [4.78, 5) is 36.5. The lowest BCUT2D eigenvalue weighted by atomic mass is 9.95. The van der Waals surface area contributed by atoms with Crippen LogP contribution in [-0.2, 0) is 9.59 Å². The molecule has 2 N–H and O–H groups in total. The molecule has 1 atom stereocenters. The largest absolute Gasteiger partial charge is 0.507 e. The number of aliphatic hydroxyl groups excluding tert-OH is 2. The van der Waals surface area contributed by atoms with Crippen molar-refractivity contribution in [2.75, 3.05) is 13.2 Å². The summed E-state index contributed by atoms with van der Waals surface area (Å²) in [6.45, 7) is -0.431. The molecular formula is C19H15BrN2O6. The van der Waals surface area contributed by atoms with Crippen LogP contribution in [0.4, 0.5) is 5.69 Å². The topological polar surface area (TPSA) is 121 Å². The van der Waals surface area contributed by atoms with Gasteiger partial charge < -0.3 is 15.1 Å². The summed E-state index contributed by atoms with van der Waals surface area (Å²) in [5.41, 5.74) is 0.463. The van der Waals surface area contributed by atoms with Crippen molar-refractivity contribution in [1.29, 1.82) is 0 Å². The predicted molar refractivity (Wildman–Crippen MR) is 103 cm³/mol.